The smallest absolute Gasteiger partial charge is 0.313 e. The molecule has 0 unspecified atom stereocenters. The second-order valence-electron chi connectivity index (χ2n) is 5.71. The molecule has 0 spiro atoms. The molecule has 2 aromatic rings. The van der Waals surface area contributed by atoms with E-state index in [2.05, 4.69) is 15.6 Å². The molecule has 1 aromatic carbocycles. The van der Waals surface area contributed by atoms with E-state index in [1.54, 1.807) is 30.5 Å². The van der Waals surface area contributed by atoms with Crippen LogP contribution >= 0.6 is 0 Å². The fraction of sp³-hybridized carbons (Fsp3) is 0.222. The van der Waals surface area contributed by atoms with Crippen molar-refractivity contribution in [3.8, 4) is 6.07 Å². The highest BCUT2D eigenvalue weighted by Crippen LogP contribution is 2.19. The van der Waals surface area contributed by atoms with E-state index in [9.17, 15) is 14.0 Å². The molecule has 0 aliphatic carbocycles. The normalized spacial score (nSPS) is 11.5. The summed E-state index contributed by atoms with van der Waals surface area (Å²) >= 11 is 0. The number of halogens is 1. The molecule has 7 heteroatoms. The van der Waals surface area contributed by atoms with Crippen LogP contribution in [0.15, 0.2) is 42.6 Å². The maximum atomic E-state index is 13.3. The number of hydrogen-bond donors (Lipinski definition) is 2. The van der Waals surface area contributed by atoms with Crippen molar-refractivity contribution in [1.82, 2.24) is 10.3 Å². The number of rotatable bonds is 4. The molecular weight excluding hydrogens is 323 g/mol. The van der Waals surface area contributed by atoms with E-state index in [-0.39, 0.29) is 17.2 Å². The van der Waals surface area contributed by atoms with Crippen molar-refractivity contribution in [3.63, 3.8) is 0 Å². The molecular formula is C18H17FN4O2. The lowest BCUT2D eigenvalue weighted by Gasteiger charge is -2.21. The molecule has 2 rings (SSSR count). The lowest BCUT2D eigenvalue weighted by atomic mass is 10.0. The second kappa shape index (κ2) is 8.02. The summed E-state index contributed by atoms with van der Waals surface area (Å²) in [5.41, 5.74) is 0.594. The lowest BCUT2D eigenvalue weighted by Crippen LogP contribution is -2.39. The molecule has 0 saturated heterocycles. The number of hydrogen-bond acceptors (Lipinski definition) is 4. The van der Waals surface area contributed by atoms with Gasteiger partial charge in [-0.2, -0.15) is 5.26 Å². The Morgan fingerprint density at radius 2 is 1.96 bits per heavy atom. The Morgan fingerprint density at radius 1 is 1.20 bits per heavy atom. The summed E-state index contributed by atoms with van der Waals surface area (Å²) < 4.78 is 13.3. The van der Waals surface area contributed by atoms with Crippen LogP contribution in [0.2, 0.25) is 0 Å². The summed E-state index contributed by atoms with van der Waals surface area (Å²) in [5.74, 6) is -2.42. The summed E-state index contributed by atoms with van der Waals surface area (Å²) in [6.45, 7) is 3.80. The van der Waals surface area contributed by atoms with Gasteiger partial charge in [-0.15, -0.1) is 0 Å². The number of benzene rings is 1. The number of aromatic nitrogens is 1. The summed E-state index contributed by atoms with van der Waals surface area (Å²) in [4.78, 5) is 28.4. The first-order valence-electron chi connectivity index (χ1n) is 7.64. The highest BCUT2D eigenvalue weighted by atomic mass is 19.1. The molecule has 2 N–H and O–H groups in total. The Balaban J connectivity index is 2.09. The van der Waals surface area contributed by atoms with Gasteiger partial charge < -0.3 is 10.6 Å². The van der Waals surface area contributed by atoms with Gasteiger partial charge in [-0.25, -0.2) is 4.39 Å². The van der Waals surface area contributed by atoms with E-state index in [1.165, 1.54) is 12.1 Å². The Kier molecular flexibility index (Phi) is 5.79. The van der Waals surface area contributed by atoms with Crippen molar-refractivity contribution in [1.29, 1.82) is 5.26 Å². The number of anilines is 1. The second-order valence-corrected chi connectivity index (χ2v) is 5.71. The predicted molar refractivity (Wildman–Crippen MR) is 89.7 cm³/mol. The molecule has 2 amide bonds. The van der Waals surface area contributed by atoms with Gasteiger partial charge in [0.25, 0.3) is 0 Å². The molecule has 0 aliphatic rings. The summed E-state index contributed by atoms with van der Waals surface area (Å²) in [6, 6.07) is 10.1. The summed E-state index contributed by atoms with van der Waals surface area (Å²) in [5, 5.41) is 13.8. The minimum absolute atomic E-state index is 0.0164. The number of nitrogens with one attached hydrogen (secondary N) is 2. The van der Waals surface area contributed by atoms with Gasteiger partial charge in [-0.05, 0) is 36.2 Å². The largest absolute Gasteiger partial charge is 0.339 e. The van der Waals surface area contributed by atoms with Crippen LogP contribution in [-0.4, -0.2) is 16.8 Å². The van der Waals surface area contributed by atoms with Gasteiger partial charge in [0.05, 0.1) is 17.3 Å². The van der Waals surface area contributed by atoms with E-state index in [1.807, 2.05) is 13.8 Å². The van der Waals surface area contributed by atoms with Crippen LogP contribution in [0.3, 0.4) is 0 Å². The van der Waals surface area contributed by atoms with Crippen LogP contribution in [0.25, 0.3) is 0 Å². The molecule has 25 heavy (non-hydrogen) atoms. The zero-order valence-corrected chi connectivity index (χ0v) is 13.8. The van der Waals surface area contributed by atoms with Crippen molar-refractivity contribution in [2.24, 2.45) is 5.92 Å². The van der Waals surface area contributed by atoms with Gasteiger partial charge in [0.15, 0.2) is 0 Å². The highest BCUT2D eigenvalue weighted by Gasteiger charge is 2.23. The Bertz CT molecular complexity index is 816. The number of carbonyl (C=O) groups excluding carboxylic acids is 2. The molecule has 1 atom stereocenters. The number of nitriles is 1. The minimum atomic E-state index is -0.905. The lowest BCUT2D eigenvalue weighted by molar-refractivity contribution is -0.136. The average Bonchev–Trinajstić information content (AvgIpc) is 2.61. The van der Waals surface area contributed by atoms with Gasteiger partial charge in [0, 0.05) is 11.9 Å². The van der Waals surface area contributed by atoms with Gasteiger partial charge >= 0.3 is 11.8 Å². The molecule has 0 aliphatic heterocycles. The van der Waals surface area contributed by atoms with Crippen molar-refractivity contribution in [3.05, 3.63) is 59.7 Å². The third kappa shape index (κ3) is 4.61. The van der Waals surface area contributed by atoms with Crippen LogP contribution in [0, 0.1) is 23.1 Å². The molecule has 6 nitrogen and oxygen atoms in total. The fourth-order valence-electron chi connectivity index (χ4n) is 2.23. The predicted octanol–water partition coefficient (Wildman–Crippen LogP) is 2.54. The van der Waals surface area contributed by atoms with Crippen molar-refractivity contribution >= 4 is 17.5 Å². The fourth-order valence-corrected chi connectivity index (χ4v) is 2.23. The number of carbonyl (C=O) groups is 2. The van der Waals surface area contributed by atoms with Crippen LogP contribution in [0.1, 0.15) is 31.1 Å². The van der Waals surface area contributed by atoms with Gasteiger partial charge in [0.2, 0.25) is 0 Å². The zero-order valence-electron chi connectivity index (χ0n) is 13.8. The van der Waals surface area contributed by atoms with E-state index in [4.69, 9.17) is 5.26 Å². The molecule has 1 aromatic heterocycles. The first kappa shape index (κ1) is 18.1. The molecule has 128 valence electrons. The quantitative estimate of drug-likeness (QED) is 0.836. The third-order valence-electron chi connectivity index (χ3n) is 3.51. The van der Waals surface area contributed by atoms with Gasteiger partial charge in [-0.1, -0.05) is 19.9 Å². The Hall–Kier alpha value is -3.27. The van der Waals surface area contributed by atoms with E-state index in [0.717, 1.165) is 6.07 Å². The van der Waals surface area contributed by atoms with Crippen LogP contribution in [0.4, 0.5) is 10.1 Å². The molecule has 0 fully saturated rings. The van der Waals surface area contributed by atoms with E-state index in [0.29, 0.717) is 5.69 Å². The number of nitrogens with zero attached hydrogens (tertiary/aromatic N) is 2. The summed E-state index contributed by atoms with van der Waals surface area (Å²) in [7, 11) is 0. The topological polar surface area (TPSA) is 94.9 Å². The van der Waals surface area contributed by atoms with Crippen LogP contribution in [-0.2, 0) is 9.59 Å². The maximum absolute atomic E-state index is 13.3. The van der Waals surface area contributed by atoms with Gasteiger partial charge in [-0.3, -0.25) is 14.6 Å². The van der Waals surface area contributed by atoms with Crippen LogP contribution < -0.4 is 10.6 Å². The average molecular weight is 340 g/mol. The van der Waals surface area contributed by atoms with Crippen LogP contribution in [0.5, 0.6) is 0 Å². The van der Waals surface area contributed by atoms with E-state index < -0.39 is 23.7 Å². The van der Waals surface area contributed by atoms with Gasteiger partial charge in [0.1, 0.15) is 11.9 Å². The molecule has 0 radical (unpaired) electrons. The SMILES string of the molecule is CC(C)[C@H](NC(=O)C(=O)Nc1ccc(F)c(C#N)c1)c1ccccn1. The number of pyridine rings is 1. The zero-order chi connectivity index (χ0) is 18.4. The first-order valence-corrected chi connectivity index (χ1v) is 7.64. The Morgan fingerprint density at radius 3 is 2.56 bits per heavy atom. The molecule has 1 heterocycles. The Labute approximate surface area is 144 Å². The molecule has 0 saturated carbocycles. The monoisotopic (exact) mass is 340 g/mol. The molecule has 0 bridgehead atoms. The third-order valence-corrected chi connectivity index (χ3v) is 3.51. The standard InChI is InChI=1S/C18H17FN4O2/c1-11(2)16(15-5-3-4-8-21-15)23-18(25)17(24)22-13-6-7-14(19)12(9-13)10-20/h3-9,11,16H,1-2H3,(H,22,24)(H,23,25)/t16-/m0/s1. The minimum Gasteiger partial charge on any atom is -0.339 e. The van der Waals surface area contributed by atoms with Crippen molar-refractivity contribution in [2.75, 3.05) is 5.32 Å². The maximum Gasteiger partial charge on any atom is 0.313 e. The summed E-state index contributed by atoms with van der Waals surface area (Å²) in [6.07, 6.45) is 1.61. The van der Waals surface area contributed by atoms with Crippen molar-refractivity contribution in [2.45, 2.75) is 19.9 Å². The first-order chi connectivity index (χ1) is 11.9. The van der Waals surface area contributed by atoms with E-state index >= 15 is 0 Å². The number of amides is 2. The van der Waals surface area contributed by atoms with Crippen molar-refractivity contribution < 1.29 is 14.0 Å². The highest BCUT2D eigenvalue weighted by molar-refractivity contribution is 6.39.